The molecule has 0 atom stereocenters. The molecule has 2 heterocycles. The summed E-state index contributed by atoms with van der Waals surface area (Å²) in [4.78, 5) is 29.0. The molecule has 1 N–H and O–H groups in total. The second-order valence-electron chi connectivity index (χ2n) is 6.11. The Labute approximate surface area is 148 Å². The first-order chi connectivity index (χ1) is 12.6. The number of nitrogens with zero attached hydrogens (tertiary/aromatic N) is 2. The van der Waals surface area contributed by atoms with Gasteiger partial charge >= 0.3 is 0 Å². The van der Waals surface area contributed by atoms with Gasteiger partial charge in [-0.1, -0.05) is 6.07 Å². The molecule has 0 saturated carbocycles. The van der Waals surface area contributed by atoms with E-state index in [0.717, 1.165) is 18.7 Å². The average molecular weight is 353 g/mol. The summed E-state index contributed by atoms with van der Waals surface area (Å²) in [7, 11) is 0. The maximum Gasteiger partial charge on any atom is 0.262 e. The lowest BCUT2D eigenvalue weighted by molar-refractivity contribution is -0.118. The van der Waals surface area contributed by atoms with Gasteiger partial charge in [-0.15, -0.1) is 0 Å². The van der Waals surface area contributed by atoms with Crippen LogP contribution in [0.3, 0.4) is 0 Å². The normalized spacial score (nSPS) is 12.8. The van der Waals surface area contributed by atoms with Crippen molar-refractivity contribution in [2.45, 2.75) is 19.4 Å². The fourth-order valence-corrected chi connectivity index (χ4v) is 3.06. The van der Waals surface area contributed by atoms with E-state index in [4.69, 9.17) is 4.74 Å². The van der Waals surface area contributed by atoms with Crippen molar-refractivity contribution in [1.82, 2.24) is 9.55 Å². The maximum absolute atomic E-state index is 13.1. The van der Waals surface area contributed by atoms with Crippen LogP contribution in [0.25, 0.3) is 10.9 Å². The van der Waals surface area contributed by atoms with E-state index >= 15 is 0 Å². The van der Waals surface area contributed by atoms with Crippen LogP contribution in [0.15, 0.2) is 47.3 Å². The molecule has 1 aromatic heterocycles. The molecule has 1 amide bonds. The van der Waals surface area contributed by atoms with Crippen LogP contribution in [0.4, 0.5) is 10.1 Å². The molecular weight excluding hydrogens is 337 g/mol. The molecule has 0 bridgehead atoms. The number of hydrogen-bond acceptors (Lipinski definition) is 4. The smallest absolute Gasteiger partial charge is 0.262 e. The molecule has 132 valence electrons. The molecule has 1 aliphatic rings. The van der Waals surface area contributed by atoms with E-state index in [9.17, 15) is 14.0 Å². The second-order valence-corrected chi connectivity index (χ2v) is 6.11. The zero-order valence-corrected chi connectivity index (χ0v) is 13.9. The van der Waals surface area contributed by atoms with E-state index < -0.39 is 11.7 Å². The molecule has 26 heavy (non-hydrogen) atoms. The third-order valence-electron chi connectivity index (χ3n) is 4.27. The second kappa shape index (κ2) is 6.59. The summed E-state index contributed by atoms with van der Waals surface area (Å²) < 4.78 is 20.3. The minimum Gasteiger partial charge on any atom is -0.484 e. The van der Waals surface area contributed by atoms with Crippen molar-refractivity contribution < 1.29 is 13.9 Å². The summed E-state index contributed by atoms with van der Waals surface area (Å²) in [5.74, 6) is 0.369. The van der Waals surface area contributed by atoms with E-state index in [2.05, 4.69) is 10.3 Å². The number of carbonyl (C=O) groups is 1. The number of fused-ring (bicyclic) bond motifs is 2. The third-order valence-corrected chi connectivity index (χ3v) is 4.27. The van der Waals surface area contributed by atoms with Gasteiger partial charge in [-0.25, -0.2) is 9.37 Å². The van der Waals surface area contributed by atoms with Crippen molar-refractivity contribution in [3.63, 3.8) is 0 Å². The lowest BCUT2D eigenvalue weighted by atomic mass is 10.2. The van der Waals surface area contributed by atoms with Gasteiger partial charge in [0.05, 0.1) is 10.9 Å². The van der Waals surface area contributed by atoms with Crippen LogP contribution in [0, 0.1) is 5.82 Å². The highest BCUT2D eigenvalue weighted by molar-refractivity contribution is 5.92. The number of anilines is 1. The zero-order valence-electron chi connectivity index (χ0n) is 13.9. The maximum atomic E-state index is 13.1. The summed E-state index contributed by atoms with van der Waals surface area (Å²) in [5, 5.41) is 3.02. The summed E-state index contributed by atoms with van der Waals surface area (Å²) in [6, 6.07) is 10.6. The third kappa shape index (κ3) is 3.15. The molecule has 6 nitrogen and oxygen atoms in total. The van der Waals surface area contributed by atoms with Gasteiger partial charge in [0.25, 0.3) is 11.5 Å². The number of hydrogen-bond donors (Lipinski definition) is 1. The SMILES string of the molecule is O=C(COc1ccc2nc3n(c(=O)c2c1)CCC3)Nc1cccc(F)c1. The molecule has 0 saturated heterocycles. The molecule has 1 aliphatic heterocycles. The fourth-order valence-electron chi connectivity index (χ4n) is 3.06. The van der Waals surface area contributed by atoms with Gasteiger partial charge in [-0.3, -0.25) is 14.2 Å². The Balaban J connectivity index is 1.49. The van der Waals surface area contributed by atoms with E-state index in [0.29, 0.717) is 28.9 Å². The van der Waals surface area contributed by atoms with Gasteiger partial charge in [0.15, 0.2) is 6.61 Å². The minimum atomic E-state index is -0.432. The topological polar surface area (TPSA) is 73.2 Å². The summed E-state index contributed by atoms with van der Waals surface area (Å²) in [6.45, 7) is 0.431. The number of carbonyl (C=O) groups excluding carboxylic acids is 1. The monoisotopic (exact) mass is 353 g/mol. The van der Waals surface area contributed by atoms with Crippen LogP contribution in [-0.4, -0.2) is 22.1 Å². The molecule has 0 unspecified atom stereocenters. The standard InChI is InChI=1S/C19H16FN3O3/c20-12-3-1-4-13(9-12)21-18(24)11-26-14-6-7-16-15(10-14)19(25)23-8-2-5-17(23)22-16/h1,3-4,6-7,9-10H,2,5,8,11H2,(H,21,24). The lowest BCUT2D eigenvalue weighted by Gasteiger charge is -2.09. The Morgan fingerprint density at radius 1 is 1.27 bits per heavy atom. The molecule has 7 heteroatoms. The number of aromatic nitrogens is 2. The molecule has 4 rings (SSSR count). The summed E-state index contributed by atoms with van der Waals surface area (Å²) in [6.07, 6.45) is 1.73. The number of halogens is 1. The summed E-state index contributed by atoms with van der Waals surface area (Å²) >= 11 is 0. The summed E-state index contributed by atoms with van der Waals surface area (Å²) in [5.41, 5.74) is 0.895. The predicted molar refractivity (Wildman–Crippen MR) is 94.8 cm³/mol. The van der Waals surface area contributed by atoms with Crippen molar-refractivity contribution >= 4 is 22.5 Å². The number of nitrogens with one attached hydrogen (secondary N) is 1. The average Bonchev–Trinajstić information content (AvgIpc) is 3.09. The van der Waals surface area contributed by atoms with Crippen LogP contribution in [-0.2, 0) is 17.8 Å². The van der Waals surface area contributed by atoms with Crippen molar-refractivity contribution in [1.29, 1.82) is 0 Å². The molecule has 0 radical (unpaired) electrons. The van der Waals surface area contributed by atoms with E-state index in [1.165, 1.54) is 18.2 Å². The Morgan fingerprint density at radius 2 is 2.15 bits per heavy atom. The lowest BCUT2D eigenvalue weighted by Crippen LogP contribution is -2.22. The van der Waals surface area contributed by atoms with Crippen LogP contribution in [0.2, 0.25) is 0 Å². The largest absolute Gasteiger partial charge is 0.484 e. The predicted octanol–water partition coefficient (Wildman–Crippen LogP) is 2.50. The Morgan fingerprint density at radius 3 is 3.00 bits per heavy atom. The van der Waals surface area contributed by atoms with Gasteiger partial charge in [-0.2, -0.15) is 0 Å². The Hall–Kier alpha value is -3.22. The van der Waals surface area contributed by atoms with Crippen LogP contribution in [0.5, 0.6) is 5.75 Å². The minimum absolute atomic E-state index is 0.0860. The first-order valence-corrected chi connectivity index (χ1v) is 8.32. The fraction of sp³-hybridized carbons (Fsp3) is 0.211. The highest BCUT2D eigenvalue weighted by Crippen LogP contribution is 2.20. The molecule has 0 fully saturated rings. The van der Waals surface area contributed by atoms with E-state index in [-0.39, 0.29) is 12.2 Å². The molecule has 0 spiro atoms. The number of ether oxygens (including phenoxy) is 1. The van der Waals surface area contributed by atoms with Crippen molar-refractivity contribution in [3.05, 3.63) is 64.5 Å². The first kappa shape index (κ1) is 16.3. The quantitative estimate of drug-likeness (QED) is 0.782. The molecule has 0 aliphatic carbocycles. The Bertz CT molecular complexity index is 1060. The van der Waals surface area contributed by atoms with Gasteiger partial charge < -0.3 is 10.1 Å². The number of benzene rings is 2. The Kier molecular flexibility index (Phi) is 4.12. The number of amides is 1. The first-order valence-electron chi connectivity index (χ1n) is 8.32. The van der Waals surface area contributed by atoms with E-state index in [1.54, 1.807) is 28.8 Å². The van der Waals surface area contributed by atoms with Gasteiger partial charge in [0.1, 0.15) is 17.4 Å². The van der Waals surface area contributed by atoms with Crippen LogP contribution >= 0.6 is 0 Å². The van der Waals surface area contributed by atoms with Gasteiger partial charge in [-0.05, 0) is 42.8 Å². The van der Waals surface area contributed by atoms with Crippen LogP contribution in [0.1, 0.15) is 12.2 Å². The number of rotatable bonds is 4. The highest BCUT2D eigenvalue weighted by Gasteiger charge is 2.16. The zero-order chi connectivity index (χ0) is 18.1. The molecule has 2 aromatic carbocycles. The van der Waals surface area contributed by atoms with E-state index in [1.807, 2.05) is 0 Å². The molecule has 3 aromatic rings. The van der Waals surface area contributed by atoms with Crippen LogP contribution < -0.4 is 15.6 Å². The van der Waals surface area contributed by atoms with Crippen molar-refractivity contribution in [2.75, 3.05) is 11.9 Å². The van der Waals surface area contributed by atoms with Crippen molar-refractivity contribution in [3.8, 4) is 5.75 Å². The number of aryl methyl sites for hydroxylation is 1. The van der Waals surface area contributed by atoms with Gasteiger partial charge in [0.2, 0.25) is 0 Å². The molecular formula is C19H16FN3O3. The van der Waals surface area contributed by atoms with Gasteiger partial charge in [0, 0.05) is 18.7 Å². The highest BCUT2D eigenvalue weighted by atomic mass is 19.1. The van der Waals surface area contributed by atoms with Crippen molar-refractivity contribution in [2.24, 2.45) is 0 Å².